The van der Waals surface area contributed by atoms with Crippen LogP contribution in [0.1, 0.15) is 29.9 Å². The van der Waals surface area contributed by atoms with Crippen molar-refractivity contribution in [2.45, 2.75) is 25.2 Å². The first-order valence-corrected chi connectivity index (χ1v) is 6.92. The lowest BCUT2D eigenvalue weighted by Gasteiger charge is -2.25. The summed E-state index contributed by atoms with van der Waals surface area (Å²) in [7, 11) is 0. The van der Waals surface area contributed by atoms with Gasteiger partial charge in [0.1, 0.15) is 0 Å². The van der Waals surface area contributed by atoms with Crippen LogP contribution in [-0.4, -0.2) is 18.1 Å². The molecule has 1 heterocycles. The van der Waals surface area contributed by atoms with Gasteiger partial charge in [-0.25, -0.2) is 0 Å². The highest BCUT2D eigenvalue weighted by Crippen LogP contribution is 2.33. The highest BCUT2D eigenvalue weighted by Gasteiger charge is 2.19. The van der Waals surface area contributed by atoms with Crippen molar-refractivity contribution in [1.29, 1.82) is 0 Å². The van der Waals surface area contributed by atoms with Gasteiger partial charge in [0.25, 0.3) is 0 Å². The van der Waals surface area contributed by atoms with Crippen molar-refractivity contribution in [3.05, 3.63) is 35.4 Å². The minimum absolute atomic E-state index is 0.817. The molecule has 1 fully saturated rings. The molecule has 0 saturated carbocycles. The fourth-order valence-electron chi connectivity index (χ4n) is 1.86. The van der Waals surface area contributed by atoms with Crippen LogP contribution in [0.4, 0.5) is 0 Å². The van der Waals surface area contributed by atoms with E-state index in [1.807, 2.05) is 11.8 Å². The number of thioether (sulfide) groups is 1. The first-order chi connectivity index (χ1) is 7.40. The summed E-state index contributed by atoms with van der Waals surface area (Å²) in [5.74, 6) is 3.45. The summed E-state index contributed by atoms with van der Waals surface area (Å²) >= 11 is 2.05. The van der Waals surface area contributed by atoms with E-state index in [1.165, 1.54) is 35.5 Å². The maximum atomic E-state index is 5.48. The minimum Gasteiger partial charge on any atom is -0.330 e. The lowest BCUT2D eigenvalue weighted by molar-refractivity contribution is 0.744. The number of hydrogen-bond acceptors (Lipinski definition) is 2. The van der Waals surface area contributed by atoms with E-state index in [0.29, 0.717) is 0 Å². The van der Waals surface area contributed by atoms with Gasteiger partial charge in [-0.15, -0.1) is 0 Å². The molecule has 1 aromatic rings. The van der Waals surface area contributed by atoms with Gasteiger partial charge in [-0.05, 0) is 36.9 Å². The van der Waals surface area contributed by atoms with Crippen LogP contribution in [0.5, 0.6) is 0 Å². The minimum atomic E-state index is 0.817. The molecule has 0 amide bonds. The fraction of sp³-hybridized carbons (Fsp3) is 0.538. The van der Waals surface area contributed by atoms with Gasteiger partial charge in [-0.2, -0.15) is 11.8 Å². The maximum Gasteiger partial charge on any atom is 0.00198 e. The Bertz CT molecular complexity index is 290. The molecule has 0 radical (unpaired) electrons. The fourth-order valence-corrected chi connectivity index (χ4v) is 2.71. The van der Waals surface area contributed by atoms with Crippen LogP contribution in [0.15, 0.2) is 24.3 Å². The second-order valence-corrected chi connectivity index (χ2v) is 5.30. The van der Waals surface area contributed by atoms with Crippen molar-refractivity contribution in [3.8, 4) is 0 Å². The largest absolute Gasteiger partial charge is 0.330 e. The van der Waals surface area contributed by atoms with E-state index < -0.39 is 0 Å². The number of rotatable bonds is 5. The van der Waals surface area contributed by atoms with Gasteiger partial charge < -0.3 is 5.73 Å². The van der Waals surface area contributed by atoms with Gasteiger partial charge >= 0.3 is 0 Å². The summed E-state index contributed by atoms with van der Waals surface area (Å²) in [6.45, 7) is 0.817. The Kier molecular flexibility index (Phi) is 4.09. The summed E-state index contributed by atoms with van der Waals surface area (Å²) in [4.78, 5) is 0. The Labute approximate surface area is 96.4 Å². The predicted octanol–water partition coefficient (Wildman–Crippen LogP) is 2.80. The summed E-state index contributed by atoms with van der Waals surface area (Å²) in [6.07, 6.45) is 3.53. The van der Waals surface area contributed by atoms with Gasteiger partial charge in [0.15, 0.2) is 0 Å². The standard InChI is InChI=1S/C13H19NS/c14-8-2-1-3-11-4-6-12(7-5-11)13-9-15-10-13/h4-7,13H,1-3,8-10,14H2. The van der Waals surface area contributed by atoms with E-state index in [0.717, 1.165) is 18.9 Å². The topological polar surface area (TPSA) is 26.0 Å². The smallest absolute Gasteiger partial charge is 0.00198 e. The predicted molar refractivity (Wildman–Crippen MR) is 68.5 cm³/mol. The van der Waals surface area contributed by atoms with Gasteiger partial charge in [0, 0.05) is 17.4 Å². The molecule has 2 N–H and O–H groups in total. The Morgan fingerprint density at radius 3 is 2.40 bits per heavy atom. The van der Waals surface area contributed by atoms with Crippen molar-refractivity contribution in [3.63, 3.8) is 0 Å². The molecule has 0 aromatic heterocycles. The number of hydrogen-bond donors (Lipinski definition) is 1. The Balaban J connectivity index is 1.86. The molecule has 15 heavy (non-hydrogen) atoms. The lowest BCUT2D eigenvalue weighted by Crippen LogP contribution is -2.15. The highest BCUT2D eigenvalue weighted by atomic mass is 32.2. The van der Waals surface area contributed by atoms with Crippen LogP contribution < -0.4 is 5.73 Å². The molecule has 1 nitrogen and oxygen atoms in total. The van der Waals surface area contributed by atoms with E-state index >= 15 is 0 Å². The number of nitrogens with two attached hydrogens (primary N) is 1. The summed E-state index contributed by atoms with van der Waals surface area (Å²) in [6, 6.07) is 9.19. The van der Waals surface area contributed by atoms with Crippen molar-refractivity contribution in [2.75, 3.05) is 18.1 Å². The van der Waals surface area contributed by atoms with Crippen LogP contribution in [0.3, 0.4) is 0 Å². The SMILES string of the molecule is NCCCCc1ccc(C2CSC2)cc1. The summed E-state index contributed by atoms with van der Waals surface area (Å²) in [5, 5.41) is 0. The van der Waals surface area contributed by atoms with Gasteiger partial charge in [0.2, 0.25) is 0 Å². The van der Waals surface area contributed by atoms with Gasteiger partial charge in [-0.3, -0.25) is 0 Å². The molecule has 0 bridgehead atoms. The average Bonchev–Trinajstić information content (AvgIpc) is 2.18. The number of aryl methyl sites for hydroxylation is 1. The molecular weight excluding hydrogens is 202 g/mol. The summed E-state index contributed by atoms with van der Waals surface area (Å²) in [5.41, 5.74) is 8.46. The van der Waals surface area contributed by atoms with Crippen LogP contribution in [-0.2, 0) is 6.42 Å². The summed E-state index contributed by atoms with van der Waals surface area (Å²) < 4.78 is 0. The number of benzene rings is 1. The normalized spacial score (nSPS) is 16.3. The first-order valence-electron chi connectivity index (χ1n) is 5.77. The zero-order valence-corrected chi connectivity index (χ0v) is 9.93. The van der Waals surface area contributed by atoms with Crippen LogP contribution in [0, 0.1) is 0 Å². The monoisotopic (exact) mass is 221 g/mol. The molecule has 0 unspecified atom stereocenters. The van der Waals surface area contributed by atoms with Crippen LogP contribution in [0.2, 0.25) is 0 Å². The highest BCUT2D eigenvalue weighted by molar-refractivity contribution is 8.00. The maximum absolute atomic E-state index is 5.48. The zero-order chi connectivity index (χ0) is 10.5. The van der Waals surface area contributed by atoms with Crippen molar-refractivity contribution in [2.24, 2.45) is 5.73 Å². The molecule has 0 aliphatic carbocycles. The quantitative estimate of drug-likeness (QED) is 0.774. The molecular formula is C13H19NS. The molecule has 1 aliphatic rings. The van der Waals surface area contributed by atoms with E-state index in [1.54, 1.807) is 0 Å². The van der Waals surface area contributed by atoms with Crippen molar-refractivity contribution >= 4 is 11.8 Å². The second kappa shape index (κ2) is 5.57. The zero-order valence-electron chi connectivity index (χ0n) is 9.11. The third kappa shape index (κ3) is 2.99. The van der Waals surface area contributed by atoms with Gasteiger partial charge in [-0.1, -0.05) is 24.3 Å². The molecule has 2 rings (SSSR count). The van der Waals surface area contributed by atoms with E-state index in [-0.39, 0.29) is 0 Å². The van der Waals surface area contributed by atoms with Crippen molar-refractivity contribution < 1.29 is 0 Å². The third-order valence-electron chi connectivity index (χ3n) is 3.01. The van der Waals surface area contributed by atoms with Crippen LogP contribution in [0.25, 0.3) is 0 Å². The van der Waals surface area contributed by atoms with E-state index in [4.69, 9.17) is 5.73 Å². The van der Waals surface area contributed by atoms with Crippen molar-refractivity contribution in [1.82, 2.24) is 0 Å². The number of unbranched alkanes of at least 4 members (excludes halogenated alkanes) is 1. The van der Waals surface area contributed by atoms with E-state index in [2.05, 4.69) is 24.3 Å². The molecule has 0 spiro atoms. The molecule has 1 aromatic carbocycles. The molecule has 82 valence electrons. The van der Waals surface area contributed by atoms with Crippen LogP contribution >= 0.6 is 11.8 Å². The Morgan fingerprint density at radius 2 is 1.87 bits per heavy atom. The molecule has 2 heteroatoms. The van der Waals surface area contributed by atoms with Gasteiger partial charge in [0.05, 0.1) is 0 Å². The average molecular weight is 221 g/mol. The molecule has 0 atom stereocenters. The third-order valence-corrected chi connectivity index (χ3v) is 4.28. The molecule has 1 aliphatic heterocycles. The molecule has 1 saturated heterocycles. The first kappa shape index (κ1) is 11.0. The van der Waals surface area contributed by atoms with E-state index in [9.17, 15) is 0 Å². The Morgan fingerprint density at radius 1 is 1.13 bits per heavy atom. The Hall–Kier alpha value is -0.470. The second-order valence-electron chi connectivity index (χ2n) is 4.22. The lowest BCUT2D eigenvalue weighted by atomic mass is 9.99.